The summed E-state index contributed by atoms with van der Waals surface area (Å²) in [5, 5.41) is 0. The van der Waals surface area contributed by atoms with Crippen LogP contribution in [0.1, 0.15) is 23.7 Å². The minimum Gasteiger partial charge on any atom is -0.309 e. The number of hydrogen-bond acceptors (Lipinski definition) is 2. The van der Waals surface area contributed by atoms with Crippen molar-refractivity contribution in [2.24, 2.45) is 5.92 Å². The van der Waals surface area contributed by atoms with Crippen molar-refractivity contribution in [2.75, 3.05) is 20.6 Å². The van der Waals surface area contributed by atoms with Crippen LogP contribution in [0.25, 0.3) is 0 Å². The third-order valence-electron chi connectivity index (χ3n) is 2.51. The van der Waals surface area contributed by atoms with Crippen molar-refractivity contribution in [3.8, 4) is 0 Å². The van der Waals surface area contributed by atoms with Gasteiger partial charge >= 0.3 is 0 Å². The fourth-order valence-electron chi connectivity index (χ4n) is 1.68. The van der Waals surface area contributed by atoms with E-state index in [9.17, 15) is 4.79 Å². The van der Waals surface area contributed by atoms with Crippen LogP contribution in [0.4, 0.5) is 0 Å². The molecular weight excluding hydrogens is 186 g/mol. The summed E-state index contributed by atoms with van der Waals surface area (Å²) in [6, 6.07) is 9.54. The fourth-order valence-corrected chi connectivity index (χ4v) is 1.68. The maximum atomic E-state index is 12.1. The zero-order chi connectivity index (χ0) is 11.3. The largest absolute Gasteiger partial charge is 0.309 e. The molecule has 15 heavy (non-hydrogen) atoms. The van der Waals surface area contributed by atoms with Crippen LogP contribution in [-0.2, 0) is 0 Å². The molecule has 0 N–H and O–H groups in total. The van der Waals surface area contributed by atoms with Crippen LogP contribution in [0.3, 0.4) is 0 Å². The SMILES string of the molecule is CC[C@H](CN(C)C)C(=O)c1ccccc1. The first-order valence-electron chi connectivity index (χ1n) is 5.39. The van der Waals surface area contributed by atoms with Crippen molar-refractivity contribution < 1.29 is 4.79 Å². The van der Waals surface area contributed by atoms with Crippen LogP contribution >= 0.6 is 0 Å². The predicted octanol–water partition coefficient (Wildman–Crippen LogP) is 2.46. The molecular formula is C13H19NO. The number of carbonyl (C=O) groups is 1. The second-order valence-electron chi connectivity index (χ2n) is 4.10. The van der Waals surface area contributed by atoms with Gasteiger partial charge in [-0.15, -0.1) is 0 Å². The molecule has 0 saturated heterocycles. The molecule has 1 aromatic rings. The summed E-state index contributed by atoms with van der Waals surface area (Å²) in [5.74, 6) is 0.370. The molecule has 0 heterocycles. The van der Waals surface area contributed by atoms with Crippen LogP contribution in [0.5, 0.6) is 0 Å². The molecule has 0 bridgehead atoms. The quantitative estimate of drug-likeness (QED) is 0.688. The van der Waals surface area contributed by atoms with E-state index in [0.29, 0.717) is 0 Å². The summed E-state index contributed by atoms with van der Waals surface area (Å²) in [6.45, 7) is 2.89. The van der Waals surface area contributed by atoms with Crippen LogP contribution in [0.2, 0.25) is 0 Å². The standard InChI is InChI=1S/C13H19NO/c1-4-11(10-14(2)3)13(15)12-8-6-5-7-9-12/h5-9,11H,4,10H2,1-3H3/t11-/m1/s1. The molecule has 0 aliphatic heterocycles. The predicted molar refractivity (Wildman–Crippen MR) is 63.1 cm³/mol. The molecule has 0 aromatic heterocycles. The van der Waals surface area contributed by atoms with Crippen LogP contribution in [0, 0.1) is 5.92 Å². The first kappa shape index (κ1) is 11.9. The molecule has 0 radical (unpaired) electrons. The molecule has 1 atom stereocenters. The maximum Gasteiger partial charge on any atom is 0.167 e. The maximum absolute atomic E-state index is 12.1. The molecule has 0 aliphatic rings. The van der Waals surface area contributed by atoms with Gasteiger partial charge in [0.25, 0.3) is 0 Å². The van der Waals surface area contributed by atoms with Gasteiger partial charge in [0.1, 0.15) is 0 Å². The first-order chi connectivity index (χ1) is 7.15. The lowest BCUT2D eigenvalue weighted by atomic mass is 9.95. The summed E-state index contributed by atoms with van der Waals surface area (Å²) < 4.78 is 0. The summed E-state index contributed by atoms with van der Waals surface area (Å²) in [6.07, 6.45) is 0.895. The zero-order valence-electron chi connectivity index (χ0n) is 9.73. The molecule has 0 saturated carbocycles. The van der Waals surface area contributed by atoms with E-state index in [2.05, 4.69) is 11.8 Å². The number of carbonyl (C=O) groups excluding carboxylic acids is 1. The number of ketones is 1. The van der Waals surface area contributed by atoms with E-state index in [1.165, 1.54) is 0 Å². The fraction of sp³-hybridized carbons (Fsp3) is 0.462. The van der Waals surface area contributed by atoms with Gasteiger partial charge in [-0.3, -0.25) is 4.79 Å². The molecule has 1 rings (SSSR count). The van der Waals surface area contributed by atoms with Gasteiger partial charge in [0, 0.05) is 18.0 Å². The van der Waals surface area contributed by atoms with Crippen LogP contribution < -0.4 is 0 Å². The highest BCUT2D eigenvalue weighted by molar-refractivity contribution is 5.97. The Morgan fingerprint density at radius 2 is 1.87 bits per heavy atom. The third-order valence-corrected chi connectivity index (χ3v) is 2.51. The summed E-state index contributed by atoms with van der Waals surface area (Å²) in [5.41, 5.74) is 0.825. The van der Waals surface area contributed by atoms with E-state index in [-0.39, 0.29) is 11.7 Å². The average molecular weight is 205 g/mol. The van der Waals surface area contributed by atoms with Crippen molar-refractivity contribution in [2.45, 2.75) is 13.3 Å². The van der Waals surface area contributed by atoms with Gasteiger partial charge in [0.15, 0.2) is 5.78 Å². The molecule has 0 amide bonds. The number of nitrogens with zero attached hydrogens (tertiary/aromatic N) is 1. The Morgan fingerprint density at radius 3 is 2.33 bits per heavy atom. The van der Waals surface area contributed by atoms with Gasteiger partial charge in [-0.25, -0.2) is 0 Å². The van der Waals surface area contributed by atoms with Crippen molar-refractivity contribution in [3.05, 3.63) is 35.9 Å². The minimum absolute atomic E-state index is 0.113. The van der Waals surface area contributed by atoms with E-state index < -0.39 is 0 Å². The number of rotatable bonds is 5. The molecule has 82 valence electrons. The van der Waals surface area contributed by atoms with Crippen molar-refractivity contribution in [1.29, 1.82) is 0 Å². The average Bonchev–Trinajstić information content (AvgIpc) is 2.26. The zero-order valence-corrected chi connectivity index (χ0v) is 9.73. The second kappa shape index (κ2) is 5.66. The monoisotopic (exact) mass is 205 g/mol. The molecule has 0 spiro atoms. The molecule has 2 heteroatoms. The van der Waals surface area contributed by atoms with Gasteiger partial charge in [0.05, 0.1) is 0 Å². The highest BCUT2D eigenvalue weighted by Crippen LogP contribution is 2.12. The van der Waals surface area contributed by atoms with E-state index in [0.717, 1.165) is 18.5 Å². The lowest BCUT2D eigenvalue weighted by Gasteiger charge is -2.18. The Bertz CT molecular complexity index is 306. The molecule has 2 nitrogen and oxygen atoms in total. The molecule has 0 aliphatic carbocycles. The Hall–Kier alpha value is -1.15. The summed E-state index contributed by atoms with van der Waals surface area (Å²) >= 11 is 0. The van der Waals surface area contributed by atoms with Gasteiger partial charge in [0.2, 0.25) is 0 Å². The lowest BCUT2D eigenvalue weighted by molar-refractivity contribution is 0.0894. The first-order valence-corrected chi connectivity index (χ1v) is 5.39. The van der Waals surface area contributed by atoms with Gasteiger partial charge in [-0.1, -0.05) is 37.3 Å². The molecule has 0 unspecified atom stereocenters. The van der Waals surface area contributed by atoms with Crippen LogP contribution in [-0.4, -0.2) is 31.3 Å². The summed E-state index contributed by atoms with van der Waals surface area (Å²) in [4.78, 5) is 14.1. The molecule has 0 fully saturated rings. The Balaban J connectivity index is 2.74. The van der Waals surface area contributed by atoms with E-state index in [4.69, 9.17) is 0 Å². The van der Waals surface area contributed by atoms with Gasteiger partial charge in [-0.2, -0.15) is 0 Å². The second-order valence-corrected chi connectivity index (χ2v) is 4.10. The van der Waals surface area contributed by atoms with Crippen molar-refractivity contribution in [1.82, 2.24) is 4.90 Å². The number of hydrogen-bond donors (Lipinski definition) is 0. The van der Waals surface area contributed by atoms with E-state index in [1.54, 1.807) is 0 Å². The van der Waals surface area contributed by atoms with Gasteiger partial charge in [-0.05, 0) is 20.5 Å². The highest BCUT2D eigenvalue weighted by atomic mass is 16.1. The summed E-state index contributed by atoms with van der Waals surface area (Å²) in [7, 11) is 4.00. The van der Waals surface area contributed by atoms with Gasteiger partial charge < -0.3 is 4.90 Å². The Labute approximate surface area is 91.9 Å². The van der Waals surface area contributed by atoms with Crippen LogP contribution in [0.15, 0.2) is 30.3 Å². The normalized spacial score (nSPS) is 12.8. The molecule has 1 aromatic carbocycles. The lowest BCUT2D eigenvalue weighted by Crippen LogP contribution is -2.27. The highest BCUT2D eigenvalue weighted by Gasteiger charge is 2.18. The third kappa shape index (κ3) is 3.48. The minimum atomic E-state index is 0.113. The van der Waals surface area contributed by atoms with E-state index >= 15 is 0 Å². The Kier molecular flexibility index (Phi) is 4.50. The number of benzene rings is 1. The topological polar surface area (TPSA) is 20.3 Å². The van der Waals surface area contributed by atoms with E-state index in [1.807, 2.05) is 44.4 Å². The number of Topliss-reactive ketones (excluding diaryl/α,β-unsaturated/α-hetero) is 1. The van der Waals surface area contributed by atoms with Crippen molar-refractivity contribution >= 4 is 5.78 Å². The Morgan fingerprint density at radius 1 is 1.27 bits per heavy atom. The van der Waals surface area contributed by atoms with Crippen molar-refractivity contribution in [3.63, 3.8) is 0 Å². The smallest absolute Gasteiger partial charge is 0.167 e.